The van der Waals surface area contributed by atoms with Crippen LogP contribution in [0.3, 0.4) is 0 Å². The monoisotopic (exact) mass is 352 g/mol. The largest absolute Gasteiger partial charge is 0.497 e. The number of nitrogens with one attached hydrogen (secondary N) is 1. The number of carbonyl (C=O) groups is 1. The lowest BCUT2D eigenvalue weighted by molar-refractivity contribution is -0.113. The zero-order valence-electron chi connectivity index (χ0n) is 14.5. The molecular weight excluding hydrogens is 332 g/mol. The number of benzene rings is 2. The Morgan fingerprint density at radius 3 is 2.72 bits per heavy atom. The Morgan fingerprint density at radius 1 is 1.12 bits per heavy atom. The number of aryl methyl sites for hydroxylation is 2. The molecule has 1 amide bonds. The van der Waals surface area contributed by atoms with Gasteiger partial charge < -0.3 is 10.1 Å². The lowest BCUT2D eigenvalue weighted by atomic mass is 10.1. The van der Waals surface area contributed by atoms with Gasteiger partial charge in [0.1, 0.15) is 5.75 Å². The van der Waals surface area contributed by atoms with E-state index in [0.717, 1.165) is 27.2 Å². The minimum atomic E-state index is -0.0670. The van der Waals surface area contributed by atoms with Gasteiger partial charge in [-0.2, -0.15) is 0 Å². The van der Waals surface area contributed by atoms with E-state index in [9.17, 15) is 4.79 Å². The highest BCUT2D eigenvalue weighted by Gasteiger charge is 2.09. The number of methoxy groups -OCH3 is 1. The van der Waals surface area contributed by atoms with Crippen LogP contribution in [0.5, 0.6) is 5.75 Å². The Labute approximate surface area is 151 Å². The molecule has 5 heteroatoms. The molecule has 0 saturated heterocycles. The van der Waals surface area contributed by atoms with Crippen molar-refractivity contribution in [1.82, 2.24) is 4.98 Å². The molecule has 0 aliphatic heterocycles. The number of para-hydroxylation sites is 1. The molecule has 0 aliphatic carbocycles. The van der Waals surface area contributed by atoms with Gasteiger partial charge in [0.05, 0.1) is 23.4 Å². The van der Waals surface area contributed by atoms with Gasteiger partial charge in [-0.05, 0) is 43.2 Å². The smallest absolute Gasteiger partial charge is 0.234 e. The molecule has 128 valence electrons. The van der Waals surface area contributed by atoms with Gasteiger partial charge in [-0.1, -0.05) is 36.0 Å². The highest BCUT2D eigenvalue weighted by atomic mass is 32.2. The Hall–Kier alpha value is -2.53. The third kappa shape index (κ3) is 4.12. The molecular formula is C20H20N2O2S. The number of ether oxygens (including phenoxy) is 1. The van der Waals surface area contributed by atoms with E-state index in [1.165, 1.54) is 17.3 Å². The fraction of sp³-hybridized carbons (Fsp3) is 0.200. The summed E-state index contributed by atoms with van der Waals surface area (Å²) in [5.41, 5.74) is 4.04. The van der Waals surface area contributed by atoms with Crippen LogP contribution in [0.2, 0.25) is 0 Å². The van der Waals surface area contributed by atoms with Crippen molar-refractivity contribution in [3.63, 3.8) is 0 Å². The first-order valence-corrected chi connectivity index (χ1v) is 8.99. The molecule has 3 rings (SSSR count). The summed E-state index contributed by atoms with van der Waals surface area (Å²) in [6.07, 6.45) is 0. The molecule has 1 N–H and O–H groups in total. The van der Waals surface area contributed by atoms with Crippen LogP contribution >= 0.6 is 11.8 Å². The Morgan fingerprint density at radius 2 is 1.92 bits per heavy atom. The van der Waals surface area contributed by atoms with E-state index in [1.807, 2.05) is 30.3 Å². The number of aromatic nitrogens is 1. The van der Waals surface area contributed by atoms with Gasteiger partial charge in [0.2, 0.25) is 5.91 Å². The number of hydrogen-bond acceptors (Lipinski definition) is 4. The maximum atomic E-state index is 12.2. The average Bonchev–Trinajstić information content (AvgIpc) is 2.61. The standard InChI is InChI=1S/C20H20N2O2S/c1-13-6-4-9-17-14(2)10-19(22-20(13)17)25-12-18(23)21-15-7-5-8-16(11-15)24-3/h4-11H,12H2,1-3H3,(H,21,23). The summed E-state index contributed by atoms with van der Waals surface area (Å²) in [6.45, 7) is 4.13. The summed E-state index contributed by atoms with van der Waals surface area (Å²) in [5, 5.41) is 4.90. The number of carbonyl (C=O) groups excluding carboxylic acids is 1. The van der Waals surface area contributed by atoms with Gasteiger partial charge in [0.25, 0.3) is 0 Å². The molecule has 3 aromatic rings. The fourth-order valence-electron chi connectivity index (χ4n) is 2.64. The SMILES string of the molecule is COc1cccc(NC(=O)CSc2cc(C)c3cccc(C)c3n2)c1. The molecule has 0 saturated carbocycles. The van der Waals surface area contributed by atoms with E-state index in [0.29, 0.717) is 11.5 Å². The van der Waals surface area contributed by atoms with Crippen molar-refractivity contribution in [1.29, 1.82) is 0 Å². The molecule has 4 nitrogen and oxygen atoms in total. The molecule has 0 bridgehead atoms. The van der Waals surface area contributed by atoms with Gasteiger partial charge >= 0.3 is 0 Å². The maximum Gasteiger partial charge on any atom is 0.234 e. The quantitative estimate of drug-likeness (QED) is 0.682. The third-order valence-electron chi connectivity index (χ3n) is 3.93. The van der Waals surface area contributed by atoms with Gasteiger partial charge in [-0.3, -0.25) is 4.79 Å². The van der Waals surface area contributed by atoms with Crippen LogP contribution in [0.4, 0.5) is 5.69 Å². The van der Waals surface area contributed by atoms with Crippen molar-refractivity contribution in [2.75, 3.05) is 18.2 Å². The number of pyridine rings is 1. The predicted molar refractivity (Wildman–Crippen MR) is 104 cm³/mol. The number of nitrogens with zero attached hydrogens (tertiary/aromatic N) is 1. The first kappa shape index (κ1) is 17.3. The van der Waals surface area contributed by atoms with E-state index >= 15 is 0 Å². The molecule has 1 heterocycles. The number of thioether (sulfide) groups is 1. The van der Waals surface area contributed by atoms with Crippen molar-refractivity contribution in [2.24, 2.45) is 0 Å². The van der Waals surface area contributed by atoms with E-state index in [2.05, 4.69) is 31.3 Å². The van der Waals surface area contributed by atoms with Gasteiger partial charge in [0.15, 0.2) is 0 Å². The zero-order valence-corrected chi connectivity index (χ0v) is 15.3. The van der Waals surface area contributed by atoms with Crippen LogP contribution in [0, 0.1) is 13.8 Å². The summed E-state index contributed by atoms with van der Waals surface area (Å²) in [6, 6.07) is 15.5. The number of hydrogen-bond donors (Lipinski definition) is 1. The van der Waals surface area contributed by atoms with Gasteiger partial charge in [0, 0.05) is 17.1 Å². The van der Waals surface area contributed by atoms with Crippen LogP contribution in [0.15, 0.2) is 53.6 Å². The lowest BCUT2D eigenvalue weighted by Gasteiger charge is -2.09. The molecule has 0 radical (unpaired) electrons. The second-order valence-electron chi connectivity index (χ2n) is 5.82. The molecule has 0 spiro atoms. The van der Waals surface area contributed by atoms with Crippen molar-refractivity contribution in [3.05, 3.63) is 59.7 Å². The number of amides is 1. The number of fused-ring (bicyclic) bond motifs is 1. The third-order valence-corrected chi connectivity index (χ3v) is 4.84. The molecule has 0 atom stereocenters. The Kier molecular flexibility index (Phi) is 5.24. The summed E-state index contributed by atoms with van der Waals surface area (Å²) in [5.74, 6) is 0.955. The molecule has 1 aromatic heterocycles. The van der Waals surface area contributed by atoms with Crippen molar-refractivity contribution in [3.8, 4) is 5.75 Å². The Balaban J connectivity index is 1.69. The van der Waals surface area contributed by atoms with Crippen LogP contribution < -0.4 is 10.1 Å². The first-order chi connectivity index (χ1) is 12.1. The molecule has 0 unspecified atom stereocenters. The second kappa shape index (κ2) is 7.57. The molecule has 0 fully saturated rings. The highest BCUT2D eigenvalue weighted by Crippen LogP contribution is 2.26. The van der Waals surface area contributed by atoms with E-state index in [-0.39, 0.29) is 5.91 Å². The van der Waals surface area contributed by atoms with Crippen molar-refractivity contribution in [2.45, 2.75) is 18.9 Å². The van der Waals surface area contributed by atoms with Crippen molar-refractivity contribution >= 4 is 34.3 Å². The number of rotatable bonds is 5. The van der Waals surface area contributed by atoms with E-state index in [4.69, 9.17) is 9.72 Å². The second-order valence-corrected chi connectivity index (χ2v) is 6.81. The van der Waals surface area contributed by atoms with E-state index < -0.39 is 0 Å². The van der Waals surface area contributed by atoms with Gasteiger partial charge in [-0.15, -0.1) is 0 Å². The first-order valence-electron chi connectivity index (χ1n) is 8.00. The Bertz CT molecular complexity index is 925. The van der Waals surface area contributed by atoms with Crippen LogP contribution in [-0.4, -0.2) is 23.8 Å². The topological polar surface area (TPSA) is 51.2 Å². The summed E-state index contributed by atoms with van der Waals surface area (Å²) < 4.78 is 5.16. The summed E-state index contributed by atoms with van der Waals surface area (Å²) in [4.78, 5) is 16.9. The number of anilines is 1. The van der Waals surface area contributed by atoms with Crippen LogP contribution in [-0.2, 0) is 4.79 Å². The minimum absolute atomic E-state index is 0.0670. The molecule has 25 heavy (non-hydrogen) atoms. The molecule has 2 aromatic carbocycles. The molecule has 0 aliphatic rings. The zero-order chi connectivity index (χ0) is 17.8. The lowest BCUT2D eigenvalue weighted by Crippen LogP contribution is -2.14. The predicted octanol–water partition coefficient (Wildman–Crippen LogP) is 4.59. The van der Waals surface area contributed by atoms with Gasteiger partial charge in [-0.25, -0.2) is 4.98 Å². The maximum absolute atomic E-state index is 12.2. The summed E-state index contributed by atoms with van der Waals surface area (Å²) in [7, 11) is 1.60. The average molecular weight is 352 g/mol. The minimum Gasteiger partial charge on any atom is -0.497 e. The van der Waals surface area contributed by atoms with Crippen LogP contribution in [0.1, 0.15) is 11.1 Å². The van der Waals surface area contributed by atoms with Crippen LogP contribution in [0.25, 0.3) is 10.9 Å². The fourth-order valence-corrected chi connectivity index (χ4v) is 3.41. The van der Waals surface area contributed by atoms with Crippen molar-refractivity contribution < 1.29 is 9.53 Å². The highest BCUT2D eigenvalue weighted by molar-refractivity contribution is 7.99. The summed E-state index contributed by atoms with van der Waals surface area (Å²) >= 11 is 1.44. The normalized spacial score (nSPS) is 10.7. The van der Waals surface area contributed by atoms with E-state index in [1.54, 1.807) is 13.2 Å².